The highest BCUT2D eigenvalue weighted by molar-refractivity contribution is 5.77. The van der Waals surface area contributed by atoms with Crippen LogP contribution in [0.3, 0.4) is 0 Å². The molecule has 1 fully saturated rings. The number of hydrogen-bond acceptors (Lipinski definition) is 5. The number of aromatic nitrogens is 2. The van der Waals surface area contributed by atoms with Crippen molar-refractivity contribution in [3.63, 3.8) is 0 Å². The molecule has 1 saturated heterocycles. The van der Waals surface area contributed by atoms with Crippen molar-refractivity contribution >= 4 is 22.7 Å². The Morgan fingerprint density at radius 1 is 1.04 bits per heavy atom. The van der Waals surface area contributed by atoms with Gasteiger partial charge in [-0.3, -0.25) is 0 Å². The summed E-state index contributed by atoms with van der Waals surface area (Å²) in [5, 5.41) is 3.54. The van der Waals surface area contributed by atoms with Crippen LogP contribution in [0.4, 0.5) is 11.6 Å². The van der Waals surface area contributed by atoms with Gasteiger partial charge in [0.1, 0.15) is 11.5 Å². The summed E-state index contributed by atoms with van der Waals surface area (Å²) in [6, 6.07) is 14.5. The first-order chi connectivity index (χ1) is 12.7. The second kappa shape index (κ2) is 7.15. The maximum atomic E-state index is 5.39. The van der Waals surface area contributed by atoms with Crippen LogP contribution in [0.25, 0.3) is 11.0 Å². The number of fused-ring (bicyclic) bond motifs is 1. The molecule has 1 aromatic heterocycles. The van der Waals surface area contributed by atoms with Crippen LogP contribution < -0.4 is 19.7 Å². The van der Waals surface area contributed by atoms with Gasteiger partial charge in [0.15, 0.2) is 0 Å². The standard InChI is InChI=1S/C20H24N4O2/c1-25-16-11-15(12-17(13-16)26-2)24-9-7-14(8-10-24)21-20-22-18-5-3-4-6-19(18)23-20/h3-6,11-14H,7-10H2,1-2H3,(H2,21,22,23). The number of rotatable bonds is 5. The number of hydrogen-bond donors (Lipinski definition) is 2. The number of imidazole rings is 1. The number of para-hydroxylation sites is 2. The molecular formula is C20H24N4O2. The van der Waals surface area contributed by atoms with Crippen molar-refractivity contribution < 1.29 is 9.47 Å². The molecule has 136 valence electrons. The van der Waals surface area contributed by atoms with E-state index in [9.17, 15) is 0 Å². The Hall–Kier alpha value is -2.89. The number of H-pyrrole nitrogens is 1. The van der Waals surface area contributed by atoms with Gasteiger partial charge in [0.25, 0.3) is 0 Å². The highest BCUT2D eigenvalue weighted by Gasteiger charge is 2.21. The minimum Gasteiger partial charge on any atom is -0.497 e. The van der Waals surface area contributed by atoms with Gasteiger partial charge in [-0.05, 0) is 25.0 Å². The number of nitrogens with zero attached hydrogens (tertiary/aromatic N) is 2. The van der Waals surface area contributed by atoms with Crippen LogP contribution in [0.1, 0.15) is 12.8 Å². The molecular weight excluding hydrogens is 328 g/mol. The molecule has 2 heterocycles. The zero-order valence-electron chi connectivity index (χ0n) is 15.2. The molecule has 0 aliphatic carbocycles. The average molecular weight is 352 g/mol. The maximum Gasteiger partial charge on any atom is 0.201 e. The van der Waals surface area contributed by atoms with Crippen molar-refractivity contribution in [2.45, 2.75) is 18.9 Å². The first-order valence-electron chi connectivity index (χ1n) is 8.94. The predicted molar refractivity (Wildman–Crippen MR) is 104 cm³/mol. The van der Waals surface area contributed by atoms with Gasteiger partial charge in [-0.2, -0.15) is 0 Å². The zero-order valence-corrected chi connectivity index (χ0v) is 15.2. The molecule has 0 radical (unpaired) electrons. The van der Waals surface area contributed by atoms with Gasteiger partial charge in [0.2, 0.25) is 5.95 Å². The molecule has 0 atom stereocenters. The molecule has 0 unspecified atom stereocenters. The zero-order chi connectivity index (χ0) is 17.9. The van der Waals surface area contributed by atoms with Crippen LogP contribution in [0.5, 0.6) is 11.5 Å². The second-order valence-corrected chi connectivity index (χ2v) is 6.58. The minimum absolute atomic E-state index is 0.416. The Balaban J connectivity index is 1.41. The smallest absolute Gasteiger partial charge is 0.201 e. The molecule has 26 heavy (non-hydrogen) atoms. The number of anilines is 2. The first kappa shape index (κ1) is 16.6. The van der Waals surface area contributed by atoms with E-state index in [1.165, 1.54) is 0 Å². The van der Waals surface area contributed by atoms with E-state index < -0.39 is 0 Å². The molecule has 6 heteroatoms. The van der Waals surface area contributed by atoms with Crippen molar-refractivity contribution in [2.75, 3.05) is 37.5 Å². The van der Waals surface area contributed by atoms with Crippen molar-refractivity contribution in [1.82, 2.24) is 9.97 Å². The lowest BCUT2D eigenvalue weighted by molar-refractivity contribution is 0.394. The SMILES string of the molecule is COc1cc(OC)cc(N2CCC(Nc3nc4ccccc4[nH]3)CC2)c1. The van der Waals surface area contributed by atoms with Crippen molar-refractivity contribution in [1.29, 1.82) is 0 Å². The van der Waals surface area contributed by atoms with E-state index in [0.717, 1.165) is 60.1 Å². The number of nitrogens with one attached hydrogen (secondary N) is 2. The summed E-state index contributed by atoms with van der Waals surface area (Å²) >= 11 is 0. The summed E-state index contributed by atoms with van der Waals surface area (Å²) in [7, 11) is 3.37. The molecule has 1 aliphatic heterocycles. The average Bonchev–Trinajstić information content (AvgIpc) is 3.10. The van der Waals surface area contributed by atoms with Gasteiger partial charge < -0.3 is 24.7 Å². The maximum absolute atomic E-state index is 5.39. The van der Waals surface area contributed by atoms with Crippen LogP contribution in [-0.4, -0.2) is 43.3 Å². The predicted octanol–water partition coefficient (Wildman–Crippen LogP) is 3.66. The summed E-state index contributed by atoms with van der Waals surface area (Å²) in [4.78, 5) is 10.3. The van der Waals surface area contributed by atoms with Crippen LogP contribution in [0.15, 0.2) is 42.5 Å². The van der Waals surface area contributed by atoms with Crippen LogP contribution >= 0.6 is 0 Å². The monoisotopic (exact) mass is 352 g/mol. The minimum atomic E-state index is 0.416. The topological polar surface area (TPSA) is 62.4 Å². The van der Waals surface area contributed by atoms with Gasteiger partial charge >= 0.3 is 0 Å². The molecule has 1 aliphatic rings. The van der Waals surface area contributed by atoms with Crippen LogP contribution in [-0.2, 0) is 0 Å². The molecule has 3 aromatic rings. The van der Waals surface area contributed by atoms with Gasteiger partial charge in [0.05, 0.1) is 25.3 Å². The molecule has 0 bridgehead atoms. The highest BCUT2D eigenvalue weighted by Crippen LogP contribution is 2.30. The Labute approximate surface area is 153 Å². The Bertz CT molecular complexity index is 829. The molecule has 4 rings (SSSR count). The first-order valence-corrected chi connectivity index (χ1v) is 8.94. The van der Waals surface area contributed by atoms with E-state index in [2.05, 4.69) is 32.3 Å². The van der Waals surface area contributed by atoms with E-state index >= 15 is 0 Å². The van der Waals surface area contributed by atoms with E-state index in [4.69, 9.17) is 9.47 Å². The third-order valence-electron chi connectivity index (χ3n) is 4.93. The normalized spacial score (nSPS) is 15.2. The number of ether oxygens (including phenoxy) is 2. The number of benzene rings is 2. The van der Waals surface area contributed by atoms with E-state index in [1.54, 1.807) is 14.2 Å². The van der Waals surface area contributed by atoms with Gasteiger partial charge in [-0.25, -0.2) is 4.98 Å². The molecule has 2 aromatic carbocycles. The molecule has 2 N–H and O–H groups in total. The third kappa shape index (κ3) is 3.40. The van der Waals surface area contributed by atoms with Crippen molar-refractivity contribution in [2.24, 2.45) is 0 Å². The number of methoxy groups -OCH3 is 2. The molecule has 6 nitrogen and oxygen atoms in total. The highest BCUT2D eigenvalue weighted by atomic mass is 16.5. The fraction of sp³-hybridized carbons (Fsp3) is 0.350. The fourth-order valence-electron chi connectivity index (χ4n) is 3.47. The second-order valence-electron chi connectivity index (χ2n) is 6.58. The summed E-state index contributed by atoms with van der Waals surface area (Å²) < 4.78 is 10.8. The quantitative estimate of drug-likeness (QED) is 0.734. The number of aromatic amines is 1. The Morgan fingerprint density at radius 3 is 2.38 bits per heavy atom. The van der Waals surface area contributed by atoms with Crippen LogP contribution in [0, 0.1) is 0 Å². The van der Waals surface area contributed by atoms with E-state index in [0.29, 0.717) is 6.04 Å². The fourth-order valence-corrected chi connectivity index (χ4v) is 3.47. The summed E-state index contributed by atoms with van der Waals surface area (Å²) in [5.41, 5.74) is 3.20. The van der Waals surface area contributed by atoms with E-state index in [-0.39, 0.29) is 0 Å². The molecule has 0 amide bonds. The number of piperidine rings is 1. The van der Waals surface area contributed by atoms with Gasteiger partial charge in [-0.1, -0.05) is 12.1 Å². The van der Waals surface area contributed by atoms with Crippen molar-refractivity contribution in [3.8, 4) is 11.5 Å². The van der Waals surface area contributed by atoms with Gasteiger partial charge in [-0.15, -0.1) is 0 Å². The largest absolute Gasteiger partial charge is 0.497 e. The summed E-state index contributed by atoms with van der Waals surface area (Å²) in [5.74, 6) is 2.50. The Kier molecular flexibility index (Phi) is 4.56. The third-order valence-corrected chi connectivity index (χ3v) is 4.93. The molecule has 0 spiro atoms. The summed E-state index contributed by atoms with van der Waals surface area (Å²) in [6.45, 7) is 1.96. The van der Waals surface area contributed by atoms with Crippen molar-refractivity contribution in [3.05, 3.63) is 42.5 Å². The van der Waals surface area contributed by atoms with E-state index in [1.807, 2.05) is 30.3 Å². The molecule has 0 saturated carbocycles. The Morgan fingerprint density at radius 2 is 1.73 bits per heavy atom. The van der Waals surface area contributed by atoms with Gasteiger partial charge in [0, 0.05) is 43.0 Å². The lowest BCUT2D eigenvalue weighted by atomic mass is 10.0. The lowest BCUT2D eigenvalue weighted by Crippen LogP contribution is -2.39. The summed E-state index contributed by atoms with van der Waals surface area (Å²) in [6.07, 6.45) is 2.10. The lowest BCUT2D eigenvalue weighted by Gasteiger charge is -2.34. The van der Waals surface area contributed by atoms with Crippen LogP contribution in [0.2, 0.25) is 0 Å².